The van der Waals surface area contributed by atoms with E-state index in [0.29, 0.717) is 6.42 Å². The number of phosphoric ester groups is 1. The number of aliphatic hydroxyl groups is 1. The number of allylic oxidation sites excluding steroid dienone is 2. The lowest BCUT2D eigenvalue weighted by Gasteiger charge is -2.15. The molecule has 0 aromatic rings. The fourth-order valence-corrected chi connectivity index (χ4v) is 6.72. The lowest BCUT2D eigenvalue weighted by Crippen LogP contribution is -2.27. The summed E-state index contributed by atoms with van der Waals surface area (Å²) in [5, 5.41) is 12.7. The van der Waals surface area contributed by atoms with Crippen molar-refractivity contribution in [3.63, 3.8) is 0 Å². The summed E-state index contributed by atoms with van der Waals surface area (Å²) >= 11 is 0. The van der Waals surface area contributed by atoms with Gasteiger partial charge in [0.05, 0.1) is 13.2 Å². The van der Waals surface area contributed by atoms with Gasteiger partial charge in [-0.2, -0.15) is 0 Å². The van der Waals surface area contributed by atoms with Crippen LogP contribution in [0.25, 0.3) is 0 Å². The summed E-state index contributed by atoms with van der Waals surface area (Å²) in [6.07, 6.45) is 38.5. The Morgan fingerprint density at radius 2 is 1.00 bits per heavy atom. The van der Waals surface area contributed by atoms with E-state index in [2.05, 4.69) is 31.3 Å². The van der Waals surface area contributed by atoms with E-state index in [1.54, 1.807) is 0 Å². The molecule has 0 rings (SSSR count). The molecule has 51 heavy (non-hydrogen) atoms. The molecule has 0 aliphatic rings. The SMILES string of the molecule is CCCCCCCC/C=C\CCCCCCCC(=O)OC[C@@H](O)COP(=O)(O)OCCNC(=O)CCCCCCCCCCCCCCCCC. The van der Waals surface area contributed by atoms with Crippen molar-refractivity contribution in [2.24, 2.45) is 0 Å². The zero-order valence-corrected chi connectivity index (χ0v) is 34.0. The third kappa shape index (κ3) is 39.8. The van der Waals surface area contributed by atoms with Crippen LogP contribution in [0.2, 0.25) is 0 Å². The first kappa shape index (κ1) is 49.8. The van der Waals surface area contributed by atoms with Crippen LogP contribution in [0.5, 0.6) is 0 Å². The van der Waals surface area contributed by atoms with Gasteiger partial charge in [-0.15, -0.1) is 0 Å². The summed E-state index contributed by atoms with van der Waals surface area (Å²) < 4.78 is 26.8. The van der Waals surface area contributed by atoms with Crippen LogP contribution in [0.1, 0.15) is 206 Å². The molecule has 9 nitrogen and oxygen atoms in total. The molecule has 0 aliphatic heterocycles. The average Bonchev–Trinajstić information content (AvgIpc) is 3.11. The highest BCUT2D eigenvalue weighted by Crippen LogP contribution is 2.42. The topological polar surface area (TPSA) is 131 Å². The van der Waals surface area contributed by atoms with Gasteiger partial charge in [-0.3, -0.25) is 18.6 Å². The van der Waals surface area contributed by atoms with Gasteiger partial charge in [0.1, 0.15) is 12.7 Å². The summed E-state index contributed by atoms with van der Waals surface area (Å²) in [6, 6.07) is 0. The number of ether oxygens (including phenoxy) is 1. The lowest BCUT2D eigenvalue weighted by atomic mass is 10.0. The van der Waals surface area contributed by atoms with Crippen molar-refractivity contribution in [2.75, 3.05) is 26.4 Å². The van der Waals surface area contributed by atoms with E-state index in [0.717, 1.165) is 57.8 Å². The molecule has 0 bridgehead atoms. The smallest absolute Gasteiger partial charge is 0.463 e. The van der Waals surface area contributed by atoms with Gasteiger partial charge in [0.2, 0.25) is 5.91 Å². The quantitative estimate of drug-likeness (QED) is 0.0244. The molecule has 302 valence electrons. The number of rotatable bonds is 40. The van der Waals surface area contributed by atoms with E-state index < -0.39 is 26.5 Å². The van der Waals surface area contributed by atoms with Crippen molar-refractivity contribution in [3.8, 4) is 0 Å². The van der Waals surface area contributed by atoms with Gasteiger partial charge in [0, 0.05) is 19.4 Å². The van der Waals surface area contributed by atoms with Crippen LogP contribution < -0.4 is 5.32 Å². The number of carbonyl (C=O) groups is 2. The second-order valence-electron chi connectivity index (χ2n) is 14.3. The van der Waals surface area contributed by atoms with E-state index in [9.17, 15) is 24.2 Å². The molecule has 1 amide bonds. The lowest BCUT2D eigenvalue weighted by molar-refractivity contribution is -0.147. The minimum absolute atomic E-state index is 0.0853. The minimum Gasteiger partial charge on any atom is -0.463 e. The van der Waals surface area contributed by atoms with Crippen molar-refractivity contribution in [1.82, 2.24) is 5.32 Å². The van der Waals surface area contributed by atoms with Gasteiger partial charge in [0.15, 0.2) is 0 Å². The predicted octanol–water partition coefficient (Wildman–Crippen LogP) is 11.4. The van der Waals surface area contributed by atoms with Crippen molar-refractivity contribution in [1.29, 1.82) is 0 Å². The maximum atomic E-state index is 12.1. The molecule has 0 heterocycles. The summed E-state index contributed by atoms with van der Waals surface area (Å²) in [5.41, 5.74) is 0. The van der Waals surface area contributed by atoms with Crippen LogP contribution >= 0.6 is 7.82 Å². The maximum Gasteiger partial charge on any atom is 0.472 e. The molecule has 0 saturated carbocycles. The van der Waals surface area contributed by atoms with Gasteiger partial charge >= 0.3 is 13.8 Å². The maximum absolute atomic E-state index is 12.1. The van der Waals surface area contributed by atoms with Gasteiger partial charge < -0.3 is 20.1 Å². The number of amides is 1. The average molecular weight is 746 g/mol. The van der Waals surface area contributed by atoms with Gasteiger partial charge in [0.25, 0.3) is 0 Å². The van der Waals surface area contributed by atoms with Crippen molar-refractivity contribution in [2.45, 2.75) is 213 Å². The number of nitrogens with one attached hydrogen (secondary N) is 1. The zero-order chi connectivity index (χ0) is 37.5. The second-order valence-corrected chi connectivity index (χ2v) is 15.8. The molecule has 0 radical (unpaired) electrons. The Kier molecular flexibility index (Phi) is 37.5. The largest absolute Gasteiger partial charge is 0.472 e. The zero-order valence-electron chi connectivity index (χ0n) is 33.1. The van der Waals surface area contributed by atoms with Gasteiger partial charge in [-0.1, -0.05) is 167 Å². The van der Waals surface area contributed by atoms with E-state index in [1.165, 1.54) is 122 Å². The Labute approximate surface area is 313 Å². The van der Waals surface area contributed by atoms with Crippen molar-refractivity contribution < 1.29 is 37.9 Å². The summed E-state index contributed by atoms with van der Waals surface area (Å²) in [7, 11) is -4.41. The molecule has 0 aromatic carbocycles. The Bertz CT molecular complexity index is 856. The highest BCUT2D eigenvalue weighted by Gasteiger charge is 2.23. The van der Waals surface area contributed by atoms with Crippen LogP contribution in [-0.2, 0) is 27.9 Å². The molecular formula is C41H80NO8P. The van der Waals surface area contributed by atoms with Crippen LogP contribution in [0, 0.1) is 0 Å². The molecule has 0 saturated heterocycles. The second kappa shape index (κ2) is 38.5. The standard InChI is InChI=1S/C41H80NO8P/c1-3-5-7-9-11-13-15-17-19-21-23-25-27-29-31-33-40(44)42-35-36-49-51(46,47)50-38-39(43)37-48-41(45)34-32-30-28-26-24-22-20-18-16-14-12-10-8-6-4-2/h18,20,39,43H,3-17,19,21-38H2,1-2H3,(H,42,44)(H,46,47)/b20-18-/t39-/m1/s1. The van der Waals surface area contributed by atoms with Gasteiger partial charge in [-0.05, 0) is 38.5 Å². The third-order valence-electron chi connectivity index (χ3n) is 9.20. The molecule has 1 unspecified atom stereocenters. The summed E-state index contributed by atoms with van der Waals surface area (Å²) in [4.78, 5) is 33.8. The van der Waals surface area contributed by atoms with Crippen LogP contribution in [-0.4, -0.2) is 54.3 Å². The van der Waals surface area contributed by atoms with E-state index in [4.69, 9.17) is 13.8 Å². The molecule has 0 fully saturated rings. The molecular weight excluding hydrogens is 665 g/mol. The molecule has 0 spiro atoms. The van der Waals surface area contributed by atoms with Crippen molar-refractivity contribution in [3.05, 3.63) is 12.2 Å². The van der Waals surface area contributed by atoms with Crippen molar-refractivity contribution >= 4 is 19.7 Å². The Balaban J connectivity index is 3.59. The monoisotopic (exact) mass is 746 g/mol. The van der Waals surface area contributed by atoms with Crippen LogP contribution in [0.4, 0.5) is 0 Å². The molecule has 3 N–H and O–H groups in total. The number of aliphatic hydroxyl groups excluding tert-OH is 1. The highest BCUT2D eigenvalue weighted by atomic mass is 31.2. The fourth-order valence-electron chi connectivity index (χ4n) is 5.96. The summed E-state index contributed by atoms with van der Waals surface area (Å²) in [5.74, 6) is -0.517. The molecule has 10 heteroatoms. The molecule has 2 atom stereocenters. The van der Waals surface area contributed by atoms with Gasteiger partial charge in [-0.25, -0.2) is 4.57 Å². The Morgan fingerprint density at radius 3 is 1.47 bits per heavy atom. The first-order valence-corrected chi connectivity index (χ1v) is 22.7. The molecule has 0 aliphatic carbocycles. The Hall–Kier alpha value is -1.25. The van der Waals surface area contributed by atoms with Crippen LogP contribution in [0.15, 0.2) is 12.2 Å². The van der Waals surface area contributed by atoms with E-state index in [1.807, 2.05) is 0 Å². The highest BCUT2D eigenvalue weighted by molar-refractivity contribution is 7.47. The first-order valence-electron chi connectivity index (χ1n) is 21.2. The third-order valence-corrected chi connectivity index (χ3v) is 10.2. The number of hydrogen-bond acceptors (Lipinski definition) is 7. The fraction of sp³-hybridized carbons (Fsp3) is 0.902. The summed E-state index contributed by atoms with van der Waals surface area (Å²) in [6.45, 7) is 3.56. The minimum atomic E-state index is -4.41. The number of carbonyl (C=O) groups excluding carboxylic acids is 2. The predicted molar refractivity (Wildman–Crippen MR) is 211 cm³/mol. The Morgan fingerprint density at radius 1 is 0.588 bits per heavy atom. The number of esters is 1. The normalized spacial score (nSPS) is 13.4. The number of hydrogen-bond donors (Lipinski definition) is 3. The molecule has 0 aromatic heterocycles. The van der Waals surface area contributed by atoms with Crippen LogP contribution in [0.3, 0.4) is 0 Å². The first-order chi connectivity index (χ1) is 24.8. The number of phosphoric acid groups is 1. The number of unbranched alkanes of at least 4 members (excludes halogenated alkanes) is 25. The van der Waals surface area contributed by atoms with E-state index >= 15 is 0 Å². The van der Waals surface area contributed by atoms with E-state index in [-0.39, 0.29) is 32.1 Å².